The molecule has 3 aromatic rings. The maximum atomic E-state index is 13.0. The topological polar surface area (TPSA) is 105 Å². The van der Waals surface area contributed by atoms with Gasteiger partial charge >= 0.3 is 11.7 Å². The SMILES string of the molecule is O=C(Oc1cccc2c1CN(C(=O)c1ccc3[nH]c(=O)oc3c1)C2)C1CCNCC1. The average molecular weight is 407 g/mol. The lowest BCUT2D eigenvalue weighted by atomic mass is 9.98. The minimum Gasteiger partial charge on any atom is -0.426 e. The zero-order chi connectivity index (χ0) is 20.7. The molecule has 0 bridgehead atoms. The van der Waals surface area contributed by atoms with Crippen molar-refractivity contribution in [3.05, 3.63) is 63.6 Å². The summed E-state index contributed by atoms with van der Waals surface area (Å²) in [5, 5.41) is 3.24. The smallest absolute Gasteiger partial charge is 0.417 e. The van der Waals surface area contributed by atoms with Gasteiger partial charge < -0.3 is 19.4 Å². The molecule has 2 aliphatic heterocycles. The van der Waals surface area contributed by atoms with E-state index >= 15 is 0 Å². The predicted octanol–water partition coefficient (Wildman–Crippen LogP) is 2.18. The Labute approximate surface area is 171 Å². The third kappa shape index (κ3) is 3.39. The zero-order valence-corrected chi connectivity index (χ0v) is 16.3. The summed E-state index contributed by atoms with van der Waals surface area (Å²) in [6.45, 7) is 2.43. The number of oxazole rings is 1. The number of carbonyl (C=O) groups is 2. The number of amides is 1. The van der Waals surface area contributed by atoms with Crippen LogP contribution >= 0.6 is 0 Å². The molecule has 1 fully saturated rings. The highest BCUT2D eigenvalue weighted by atomic mass is 16.5. The van der Waals surface area contributed by atoms with Crippen LogP contribution in [-0.2, 0) is 17.9 Å². The molecule has 0 radical (unpaired) electrons. The van der Waals surface area contributed by atoms with Gasteiger partial charge in [0.25, 0.3) is 5.91 Å². The zero-order valence-electron chi connectivity index (χ0n) is 16.3. The van der Waals surface area contributed by atoms with E-state index in [9.17, 15) is 14.4 Å². The number of fused-ring (bicyclic) bond motifs is 2. The van der Waals surface area contributed by atoms with Crippen LogP contribution in [0.2, 0.25) is 0 Å². The van der Waals surface area contributed by atoms with Crippen LogP contribution in [0.25, 0.3) is 11.1 Å². The molecule has 1 amide bonds. The van der Waals surface area contributed by atoms with Crippen LogP contribution in [-0.4, -0.2) is 34.8 Å². The first-order valence-electron chi connectivity index (χ1n) is 10.0. The fraction of sp³-hybridized carbons (Fsp3) is 0.318. The summed E-state index contributed by atoms with van der Waals surface area (Å²) >= 11 is 0. The van der Waals surface area contributed by atoms with Crippen molar-refractivity contribution in [2.45, 2.75) is 25.9 Å². The highest BCUT2D eigenvalue weighted by Gasteiger charge is 2.29. The van der Waals surface area contributed by atoms with E-state index in [0.29, 0.717) is 35.5 Å². The lowest BCUT2D eigenvalue weighted by Gasteiger charge is -2.21. The Morgan fingerprint density at radius 3 is 2.77 bits per heavy atom. The molecular formula is C22H21N3O5. The van der Waals surface area contributed by atoms with E-state index in [1.54, 1.807) is 29.2 Å². The molecule has 154 valence electrons. The molecule has 8 nitrogen and oxygen atoms in total. The number of nitrogens with zero attached hydrogens (tertiary/aromatic N) is 1. The van der Waals surface area contributed by atoms with E-state index in [1.807, 2.05) is 12.1 Å². The van der Waals surface area contributed by atoms with Crippen LogP contribution in [0, 0.1) is 5.92 Å². The highest BCUT2D eigenvalue weighted by molar-refractivity contribution is 5.97. The summed E-state index contributed by atoms with van der Waals surface area (Å²) in [6, 6.07) is 10.5. The molecule has 0 unspecified atom stereocenters. The van der Waals surface area contributed by atoms with Crippen molar-refractivity contribution in [3.8, 4) is 5.75 Å². The Bertz CT molecular complexity index is 1190. The molecule has 5 rings (SSSR count). The third-order valence-electron chi connectivity index (χ3n) is 5.78. The first-order chi connectivity index (χ1) is 14.6. The second-order valence-corrected chi connectivity index (χ2v) is 7.73. The highest BCUT2D eigenvalue weighted by Crippen LogP contribution is 2.33. The second kappa shape index (κ2) is 7.46. The van der Waals surface area contributed by atoms with Gasteiger partial charge in [-0.05, 0) is 55.8 Å². The molecule has 1 aromatic heterocycles. The molecule has 3 heterocycles. The number of aromatic amines is 1. The Hall–Kier alpha value is -3.39. The van der Waals surface area contributed by atoms with E-state index < -0.39 is 5.76 Å². The fourth-order valence-corrected chi connectivity index (χ4v) is 4.14. The average Bonchev–Trinajstić information content (AvgIpc) is 3.36. The summed E-state index contributed by atoms with van der Waals surface area (Å²) in [7, 11) is 0. The molecule has 0 atom stereocenters. The van der Waals surface area contributed by atoms with Crippen molar-refractivity contribution in [1.29, 1.82) is 0 Å². The number of carbonyl (C=O) groups excluding carboxylic acids is 2. The van der Waals surface area contributed by atoms with Crippen LogP contribution in [0.4, 0.5) is 0 Å². The monoisotopic (exact) mass is 407 g/mol. The number of H-pyrrole nitrogens is 1. The maximum absolute atomic E-state index is 13.0. The number of ether oxygens (including phenoxy) is 1. The van der Waals surface area contributed by atoms with E-state index in [1.165, 1.54) is 0 Å². The van der Waals surface area contributed by atoms with Crippen molar-refractivity contribution in [2.75, 3.05) is 13.1 Å². The number of aromatic nitrogens is 1. The number of esters is 1. The lowest BCUT2D eigenvalue weighted by Crippen LogP contribution is -2.34. The largest absolute Gasteiger partial charge is 0.426 e. The lowest BCUT2D eigenvalue weighted by molar-refractivity contribution is -0.139. The molecule has 2 aromatic carbocycles. The summed E-state index contributed by atoms with van der Waals surface area (Å²) in [5.41, 5.74) is 3.16. The van der Waals surface area contributed by atoms with E-state index in [2.05, 4.69) is 10.3 Å². The maximum Gasteiger partial charge on any atom is 0.417 e. The van der Waals surface area contributed by atoms with Gasteiger partial charge in [-0.3, -0.25) is 14.6 Å². The Kier molecular flexibility index (Phi) is 4.63. The molecule has 2 aliphatic rings. The second-order valence-electron chi connectivity index (χ2n) is 7.73. The van der Waals surface area contributed by atoms with Gasteiger partial charge in [0, 0.05) is 17.7 Å². The molecule has 30 heavy (non-hydrogen) atoms. The van der Waals surface area contributed by atoms with Crippen molar-refractivity contribution in [1.82, 2.24) is 15.2 Å². The standard InChI is InChI=1S/C22H21N3O5/c26-20(14-4-5-17-19(10-14)30-22(28)24-17)25-11-15-2-1-3-18(16(15)12-25)29-21(27)13-6-8-23-9-7-13/h1-5,10,13,23H,6-9,11-12H2,(H,24,28). The number of rotatable bonds is 3. The number of hydrogen-bond donors (Lipinski definition) is 2. The van der Waals surface area contributed by atoms with E-state index in [0.717, 1.165) is 37.1 Å². The first-order valence-corrected chi connectivity index (χ1v) is 10.0. The first kappa shape index (κ1) is 18.6. The summed E-state index contributed by atoms with van der Waals surface area (Å²) < 4.78 is 10.8. The normalized spacial score (nSPS) is 16.6. The Balaban J connectivity index is 1.34. The van der Waals surface area contributed by atoms with Gasteiger partial charge in [0.2, 0.25) is 0 Å². The van der Waals surface area contributed by atoms with E-state index in [4.69, 9.17) is 9.15 Å². The summed E-state index contributed by atoms with van der Waals surface area (Å²) in [4.78, 5) is 41.2. The van der Waals surface area contributed by atoms with Crippen molar-refractivity contribution >= 4 is 23.0 Å². The third-order valence-corrected chi connectivity index (χ3v) is 5.78. The van der Waals surface area contributed by atoms with Crippen LogP contribution in [0.15, 0.2) is 45.6 Å². The van der Waals surface area contributed by atoms with Crippen LogP contribution < -0.4 is 15.8 Å². The number of benzene rings is 2. The number of hydrogen-bond acceptors (Lipinski definition) is 6. The Morgan fingerprint density at radius 1 is 1.10 bits per heavy atom. The van der Waals surface area contributed by atoms with Crippen LogP contribution in [0.5, 0.6) is 5.75 Å². The fourth-order valence-electron chi connectivity index (χ4n) is 4.14. The van der Waals surface area contributed by atoms with Gasteiger partial charge in [0.05, 0.1) is 18.0 Å². The van der Waals surface area contributed by atoms with Gasteiger partial charge in [0.15, 0.2) is 5.58 Å². The molecule has 1 saturated heterocycles. The summed E-state index contributed by atoms with van der Waals surface area (Å²) in [5.74, 6) is -0.499. The van der Waals surface area contributed by atoms with Crippen molar-refractivity contribution in [2.24, 2.45) is 5.92 Å². The van der Waals surface area contributed by atoms with Crippen LogP contribution in [0.1, 0.15) is 34.3 Å². The minimum absolute atomic E-state index is 0.0935. The van der Waals surface area contributed by atoms with Gasteiger partial charge in [-0.1, -0.05) is 12.1 Å². The molecule has 8 heteroatoms. The minimum atomic E-state index is -0.552. The number of nitrogens with one attached hydrogen (secondary N) is 2. The Morgan fingerprint density at radius 2 is 1.93 bits per heavy atom. The molecule has 0 saturated carbocycles. The quantitative estimate of drug-likeness (QED) is 0.509. The summed E-state index contributed by atoms with van der Waals surface area (Å²) in [6.07, 6.45) is 1.55. The van der Waals surface area contributed by atoms with Crippen molar-refractivity contribution in [3.63, 3.8) is 0 Å². The molecular weight excluding hydrogens is 386 g/mol. The predicted molar refractivity (Wildman–Crippen MR) is 108 cm³/mol. The molecule has 0 spiro atoms. The van der Waals surface area contributed by atoms with Crippen molar-refractivity contribution < 1.29 is 18.7 Å². The van der Waals surface area contributed by atoms with Gasteiger partial charge in [-0.2, -0.15) is 0 Å². The molecule has 0 aliphatic carbocycles. The van der Waals surface area contributed by atoms with Crippen LogP contribution in [0.3, 0.4) is 0 Å². The molecule has 2 N–H and O–H groups in total. The van der Waals surface area contributed by atoms with E-state index in [-0.39, 0.29) is 17.8 Å². The number of piperidine rings is 1. The van der Waals surface area contributed by atoms with Gasteiger partial charge in [-0.25, -0.2) is 4.79 Å². The van der Waals surface area contributed by atoms with Gasteiger partial charge in [-0.15, -0.1) is 0 Å². The van der Waals surface area contributed by atoms with Gasteiger partial charge in [0.1, 0.15) is 5.75 Å².